The maximum absolute atomic E-state index is 11.9. The summed E-state index contributed by atoms with van der Waals surface area (Å²) < 4.78 is 4.87. The Hall–Kier alpha value is -4.04. The number of hydrogen-bond acceptors (Lipinski definition) is 6. The summed E-state index contributed by atoms with van der Waals surface area (Å²) in [4.78, 5) is 32.2. The van der Waals surface area contributed by atoms with Crippen molar-refractivity contribution in [1.29, 1.82) is 0 Å². The van der Waals surface area contributed by atoms with Gasteiger partial charge in [0, 0.05) is 23.5 Å². The maximum atomic E-state index is 11.9. The molecule has 3 N–H and O–H groups in total. The zero-order chi connectivity index (χ0) is 20.6. The molecule has 0 saturated carbocycles. The van der Waals surface area contributed by atoms with Crippen LogP contribution in [0.1, 0.15) is 10.4 Å². The van der Waals surface area contributed by atoms with Gasteiger partial charge in [-0.1, -0.05) is 43.0 Å². The molecule has 29 heavy (non-hydrogen) atoms. The van der Waals surface area contributed by atoms with Gasteiger partial charge in [-0.25, -0.2) is 15.3 Å². The van der Waals surface area contributed by atoms with Crippen molar-refractivity contribution in [3.63, 3.8) is 0 Å². The van der Waals surface area contributed by atoms with Crippen LogP contribution in [-0.2, 0) is 4.74 Å². The van der Waals surface area contributed by atoms with E-state index in [0.717, 1.165) is 11.1 Å². The summed E-state index contributed by atoms with van der Waals surface area (Å²) in [6, 6.07) is 14.1. The Bertz CT molecular complexity index is 1020. The molecule has 0 fully saturated rings. The molecule has 2 heterocycles. The highest BCUT2D eigenvalue weighted by atomic mass is 16.5. The molecule has 0 aliphatic rings. The molecule has 8 nitrogen and oxygen atoms in total. The van der Waals surface area contributed by atoms with Crippen LogP contribution in [0.5, 0.6) is 0 Å². The van der Waals surface area contributed by atoms with Gasteiger partial charge in [0.2, 0.25) is 0 Å². The number of amides is 2. The fraction of sp³-hybridized carbons (Fsp3) is 0.0476. The van der Waals surface area contributed by atoms with E-state index in [1.165, 1.54) is 18.2 Å². The van der Waals surface area contributed by atoms with E-state index >= 15 is 0 Å². The zero-order valence-electron chi connectivity index (χ0n) is 15.3. The number of nitrogens with one attached hydrogen (secondary N) is 2. The number of rotatable bonds is 6. The molecule has 0 aliphatic heterocycles. The van der Waals surface area contributed by atoms with Crippen LogP contribution in [0.2, 0.25) is 0 Å². The predicted molar refractivity (Wildman–Crippen MR) is 107 cm³/mol. The smallest absolute Gasteiger partial charge is 0.413 e. The molecular weight excluding hydrogens is 372 g/mol. The predicted octanol–water partition coefficient (Wildman–Crippen LogP) is 3.66. The second-order valence-corrected chi connectivity index (χ2v) is 5.90. The van der Waals surface area contributed by atoms with Crippen molar-refractivity contribution in [2.45, 2.75) is 0 Å². The highest BCUT2D eigenvalue weighted by molar-refractivity contribution is 5.96. The van der Waals surface area contributed by atoms with Crippen molar-refractivity contribution in [3.05, 3.63) is 79.1 Å². The van der Waals surface area contributed by atoms with Gasteiger partial charge in [-0.05, 0) is 29.3 Å². The lowest BCUT2D eigenvalue weighted by Crippen LogP contribution is -2.20. The number of nitrogens with zero attached hydrogens (tertiary/aromatic N) is 2. The molecule has 0 bridgehead atoms. The van der Waals surface area contributed by atoms with Gasteiger partial charge in [0.1, 0.15) is 12.4 Å². The van der Waals surface area contributed by atoms with Crippen molar-refractivity contribution >= 4 is 17.8 Å². The third-order valence-corrected chi connectivity index (χ3v) is 3.93. The molecule has 0 saturated heterocycles. The molecule has 0 spiro atoms. The molecule has 2 amide bonds. The fourth-order valence-corrected chi connectivity index (χ4v) is 2.58. The number of pyridine rings is 2. The highest BCUT2D eigenvalue weighted by Crippen LogP contribution is 2.25. The first kappa shape index (κ1) is 19.7. The Morgan fingerprint density at radius 1 is 1.10 bits per heavy atom. The van der Waals surface area contributed by atoms with E-state index in [1.54, 1.807) is 17.9 Å². The van der Waals surface area contributed by atoms with Crippen LogP contribution in [0.15, 0.2) is 73.6 Å². The topological polar surface area (TPSA) is 113 Å². The van der Waals surface area contributed by atoms with E-state index in [0.29, 0.717) is 11.3 Å². The molecule has 3 aromatic rings. The van der Waals surface area contributed by atoms with E-state index in [4.69, 9.17) is 9.94 Å². The largest absolute Gasteiger partial charge is 0.445 e. The summed E-state index contributed by atoms with van der Waals surface area (Å²) in [5, 5.41) is 11.4. The summed E-state index contributed by atoms with van der Waals surface area (Å²) in [5.41, 5.74) is 4.78. The highest BCUT2D eigenvalue weighted by Gasteiger charge is 2.13. The number of anilines is 1. The van der Waals surface area contributed by atoms with Crippen molar-refractivity contribution in [2.24, 2.45) is 0 Å². The number of carbonyl (C=O) groups is 2. The first-order chi connectivity index (χ1) is 14.1. The lowest BCUT2D eigenvalue weighted by Gasteiger charge is -2.10. The molecule has 0 radical (unpaired) electrons. The van der Waals surface area contributed by atoms with Crippen molar-refractivity contribution in [3.8, 4) is 22.4 Å². The minimum Gasteiger partial charge on any atom is -0.445 e. The normalized spacial score (nSPS) is 10.1. The number of hydroxylamine groups is 1. The van der Waals surface area contributed by atoms with Gasteiger partial charge in [0.25, 0.3) is 5.91 Å². The zero-order valence-corrected chi connectivity index (χ0v) is 15.3. The average molecular weight is 390 g/mol. The van der Waals surface area contributed by atoms with Crippen LogP contribution in [0.25, 0.3) is 22.4 Å². The molecule has 3 rings (SSSR count). The van der Waals surface area contributed by atoms with E-state index < -0.39 is 12.0 Å². The first-order valence-corrected chi connectivity index (χ1v) is 8.62. The van der Waals surface area contributed by atoms with Gasteiger partial charge in [-0.15, -0.1) is 0 Å². The van der Waals surface area contributed by atoms with E-state index in [2.05, 4.69) is 21.9 Å². The van der Waals surface area contributed by atoms with Gasteiger partial charge < -0.3 is 4.74 Å². The number of hydrogen-bond donors (Lipinski definition) is 3. The lowest BCUT2D eigenvalue weighted by atomic mass is 10.0. The second-order valence-electron chi connectivity index (χ2n) is 5.90. The maximum Gasteiger partial charge on any atom is 0.413 e. The van der Waals surface area contributed by atoms with Gasteiger partial charge in [0.05, 0.1) is 5.69 Å². The molecule has 1 aromatic carbocycles. The average Bonchev–Trinajstić information content (AvgIpc) is 2.77. The van der Waals surface area contributed by atoms with Crippen molar-refractivity contribution < 1.29 is 19.5 Å². The third-order valence-electron chi connectivity index (χ3n) is 3.93. The van der Waals surface area contributed by atoms with E-state index in [1.807, 2.05) is 36.4 Å². The van der Waals surface area contributed by atoms with Gasteiger partial charge in [-0.2, -0.15) is 0 Å². The molecular formula is C21H18N4O4. The minimum atomic E-state index is -0.739. The van der Waals surface area contributed by atoms with Crippen LogP contribution in [0, 0.1) is 0 Å². The Morgan fingerprint density at radius 3 is 2.52 bits per heavy atom. The first-order valence-electron chi connectivity index (χ1n) is 8.62. The van der Waals surface area contributed by atoms with Crippen LogP contribution < -0.4 is 10.8 Å². The van der Waals surface area contributed by atoms with Crippen LogP contribution in [0.4, 0.5) is 10.6 Å². The molecule has 2 aromatic heterocycles. The monoisotopic (exact) mass is 390 g/mol. The Labute approximate surface area is 166 Å². The molecule has 0 unspecified atom stereocenters. The van der Waals surface area contributed by atoms with Gasteiger partial charge in [-0.3, -0.25) is 20.3 Å². The summed E-state index contributed by atoms with van der Waals surface area (Å²) in [7, 11) is 0. The van der Waals surface area contributed by atoms with Crippen LogP contribution in [0.3, 0.4) is 0 Å². The molecule has 0 atom stereocenters. The standard InChI is InChI=1S/C21H18N4O4/c1-2-10-29-21(27)24-19-12-17(20(26)25-28)11-18(23-19)15-7-5-14(6-8-15)16-4-3-9-22-13-16/h2-9,11-13,28H,1,10H2,(H,25,26)(H,23,24,27). The Balaban J connectivity index is 1.92. The van der Waals surface area contributed by atoms with Gasteiger partial charge in [0.15, 0.2) is 0 Å². The second kappa shape index (κ2) is 9.25. The number of benzene rings is 1. The van der Waals surface area contributed by atoms with Crippen LogP contribution in [-0.4, -0.2) is 33.8 Å². The van der Waals surface area contributed by atoms with Gasteiger partial charge >= 0.3 is 6.09 Å². The fourth-order valence-electron chi connectivity index (χ4n) is 2.58. The summed E-state index contributed by atoms with van der Waals surface area (Å²) >= 11 is 0. The van der Waals surface area contributed by atoms with E-state index in [9.17, 15) is 9.59 Å². The number of aromatic nitrogens is 2. The van der Waals surface area contributed by atoms with E-state index in [-0.39, 0.29) is 18.0 Å². The number of ether oxygens (including phenoxy) is 1. The summed E-state index contributed by atoms with van der Waals surface area (Å²) in [5.74, 6) is -0.630. The summed E-state index contributed by atoms with van der Waals surface area (Å²) in [6.45, 7) is 3.50. The quantitative estimate of drug-likeness (QED) is 0.336. The van der Waals surface area contributed by atoms with Crippen LogP contribution >= 0.6 is 0 Å². The van der Waals surface area contributed by atoms with Crippen molar-refractivity contribution in [1.82, 2.24) is 15.4 Å². The molecule has 0 aliphatic carbocycles. The third kappa shape index (κ3) is 5.02. The minimum absolute atomic E-state index is 0.0330. The lowest BCUT2D eigenvalue weighted by molar-refractivity contribution is 0.0706. The molecule has 146 valence electrons. The summed E-state index contributed by atoms with van der Waals surface area (Å²) in [6.07, 6.45) is 4.15. The van der Waals surface area contributed by atoms with Crippen molar-refractivity contribution in [2.75, 3.05) is 11.9 Å². The Kier molecular flexibility index (Phi) is 6.29. The SMILES string of the molecule is C=CCOC(=O)Nc1cc(C(=O)NO)cc(-c2ccc(-c3cccnc3)cc2)n1. The Morgan fingerprint density at radius 2 is 1.86 bits per heavy atom. The molecule has 8 heteroatoms. The number of carbonyl (C=O) groups excluding carboxylic acids is 2.